The van der Waals surface area contributed by atoms with Gasteiger partial charge in [0.15, 0.2) is 17.6 Å². The maximum Gasteiger partial charge on any atom is 0.339 e. The van der Waals surface area contributed by atoms with E-state index in [2.05, 4.69) is 10.6 Å². The molecule has 0 aliphatic carbocycles. The predicted molar refractivity (Wildman–Crippen MR) is 110 cm³/mol. The lowest BCUT2D eigenvalue weighted by Crippen LogP contribution is -2.46. The van der Waals surface area contributed by atoms with Gasteiger partial charge in [-0.2, -0.15) is 0 Å². The van der Waals surface area contributed by atoms with Gasteiger partial charge in [0, 0.05) is 6.04 Å². The number of unbranched alkanes of at least 4 members (excludes halogenated alkanes) is 1. The summed E-state index contributed by atoms with van der Waals surface area (Å²) in [5.74, 6) is -0.849. The van der Waals surface area contributed by atoms with Crippen LogP contribution < -0.4 is 20.1 Å². The van der Waals surface area contributed by atoms with E-state index in [1.54, 1.807) is 20.8 Å². The van der Waals surface area contributed by atoms with Crippen LogP contribution in [0.4, 0.5) is 4.79 Å². The summed E-state index contributed by atoms with van der Waals surface area (Å²) >= 11 is 6.26. The smallest absolute Gasteiger partial charge is 0.339 e. The van der Waals surface area contributed by atoms with E-state index in [9.17, 15) is 14.4 Å². The quantitative estimate of drug-likeness (QED) is 0.435. The van der Waals surface area contributed by atoms with Crippen LogP contribution in [-0.2, 0) is 9.53 Å². The van der Waals surface area contributed by atoms with Gasteiger partial charge in [-0.1, -0.05) is 24.9 Å². The van der Waals surface area contributed by atoms with Crippen LogP contribution in [-0.4, -0.2) is 43.3 Å². The molecule has 162 valence electrons. The van der Waals surface area contributed by atoms with Crippen molar-refractivity contribution in [3.63, 3.8) is 0 Å². The van der Waals surface area contributed by atoms with Crippen molar-refractivity contribution in [2.75, 3.05) is 13.2 Å². The largest absolute Gasteiger partial charge is 0.490 e. The zero-order chi connectivity index (χ0) is 22.0. The van der Waals surface area contributed by atoms with Crippen LogP contribution in [0.25, 0.3) is 0 Å². The second-order valence-electron chi connectivity index (χ2n) is 6.59. The number of ether oxygens (including phenoxy) is 3. The number of hydrogen-bond acceptors (Lipinski definition) is 6. The lowest BCUT2D eigenvalue weighted by atomic mass is 10.2. The van der Waals surface area contributed by atoms with Crippen LogP contribution >= 0.6 is 11.6 Å². The number of benzene rings is 1. The summed E-state index contributed by atoms with van der Waals surface area (Å²) in [6.45, 7) is 9.52. The molecule has 0 saturated heterocycles. The highest BCUT2D eigenvalue weighted by atomic mass is 35.5. The minimum atomic E-state index is -1.18. The molecule has 0 radical (unpaired) electrons. The number of rotatable bonds is 10. The first kappa shape index (κ1) is 24.6. The fraction of sp³-hybridized carbons (Fsp3) is 0.550. The molecule has 3 amide bonds. The van der Waals surface area contributed by atoms with Gasteiger partial charge >= 0.3 is 12.0 Å². The molecule has 0 aliphatic heterocycles. The number of carbonyl (C=O) groups is 3. The number of nitrogens with one attached hydrogen (secondary N) is 2. The molecule has 1 aromatic carbocycles. The van der Waals surface area contributed by atoms with Crippen molar-refractivity contribution < 1.29 is 28.6 Å². The van der Waals surface area contributed by atoms with Gasteiger partial charge in [0.05, 0.1) is 23.8 Å². The van der Waals surface area contributed by atoms with E-state index >= 15 is 0 Å². The summed E-state index contributed by atoms with van der Waals surface area (Å²) in [5, 5.41) is 4.82. The van der Waals surface area contributed by atoms with E-state index in [0.29, 0.717) is 24.7 Å². The third kappa shape index (κ3) is 8.19. The van der Waals surface area contributed by atoms with Crippen molar-refractivity contribution in [3.05, 3.63) is 22.7 Å². The number of carbonyl (C=O) groups excluding carboxylic acids is 3. The van der Waals surface area contributed by atoms with Crippen molar-refractivity contribution in [3.8, 4) is 11.5 Å². The highest BCUT2D eigenvalue weighted by Gasteiger charge is 2.23. The van der Waals surface area contributed by atoms with E-state index in [1.165, 1.54) is 19.1 Å². The zero-order valence-electron chi connectivity index (χ0n) is 17.5. The Balaban J connectivity index is 2.87. The summed E-state index contributed by atoms with van der Waals surface area (Å²) in [5.41, 5.74) is 0.104. The Morgan fingerprint density at radius 1 is 1.10 bits per heavy atom. The van der Waals surface area contributed by atoms with E-state index in [-0.39, 0.29) is 16.6 Å². The predicted octanol–water partition coefficient (Wildman–Crippen LogP) is 3.70. The van der Waals surface area contributed by atoms with Gasteiger partial charge in [-0.3, -0.25) is 10.1 Å². The monoisotopic (exact) mass is 428 g/mol. The average molecular weight is 429 g/mol. The summed E-state index contributed by atoms with van der Waals surface area (Å²) in [4.78, 5) is 36.1. The third-order valence-corrected chi connectivity index (χ3v) is 3.88. The van der Waals surface area contributed by atoms with Crippen LogP contribution in [0.1, 0.15) is 57.8 Å². The standard InChI is InChI=1S/C20H29ClN2O6/c1-6-8-9-28-17-15(21)10-14(11-16(17)27-7-2)19(25)29-13(5)18(24)23-20(26)22-12(3)4/h10-13H,6-9H2,1-5H3,(H2,22,23,24,26)/t13-/m1/s1. The Morgan fingerprint density at radius 2 is 1.79 bits per heavy atom. The maximum absolute atomic E-state index is 12.4. The Bertz CT molecular complexity index is 723. The second-order valence-corrected chi connectivity index (χ2v) is 6.99. The first-order valence-corrected chi connectivity index (χ1v) is 9.98. The van der Waals surface area contributed by atoms with Gasteiger partial charge in [-0.15, -0.1) is 0 Å². The van der Waals surface area contributed by atoms with Crippen molar-refractivity contribution in [1.82, 2.24) is 10.6 Å². The Labute approximate surface area is 176 Å². The van der Waals surface area contributed by atoms with Crippen molar-refractivity contribution in [2.24, 2.45) is 0 Å². The normalized spacial score (nSPS) is 11.6. The number of imide groups is 1. The van der Waals surface area contributed by atoms with Crippen molar-refractivity contribution >= 4 is 29.5 Å². The molecule has 1 atom stereocenters. The second kappa shape index (κ2) is 12.2. The summed E-state index contributed by atoms with van der Waals surface area (Å²) in [7, 11) is 0. The van der Waals surface area contributed by atoms with Gasteiger partial charge in [0.25, 0.3) is 5.91 Å². The van der Waals surface area contributed by atoms with Gasteiger partial charge in [-0.25, -0.2) is 9.59 Å². The average Bonchev–Trinajstić information content (AvgIpc) is 2.62. The molecule has 1 aromatic rings. The minimum Gasteiger partial charge on any atom is -0.490 e. The van der Waals surface area contributed by atoms with Gasteiger partial charge in [0.2, 0.25) is 0 Å². The zero-order valence-corrected chi connectivity index (χ0v) is 18.2. The van der Waals surface area contributed by atoms with Gasteiger partial charge in [0.1, 0.15) is 0 Å². The number of esters is 1. The Kier molecular flexibility index (Phi) is 10.3. The molecule has 29 heavy (non-hydrogen) atoms. The first-order chi connectivity index (χ1) is 13.7. The minimum absolute atomic E-state index is 0.104. The van der Waals surface area contributed by atoms with Crippen molar-refractivity contribution in [2.45, 2.75) is 59.6 Å². The summed E-state index contributed by atoms with van der Waals surface area (Å²) in [6.07, 6.45) is 0.624. The van der Waals surface area contributed by atoms with E-state index < -0.39 is 24.0 Å². The van der Waals surface area contributed by atoms with Crippen molar-refractivity contribution in [1.29, 1.82) is 0 Å². The Morgan fingerprint density at radius 3 is 2.38 bits per heavy atom. The number of urea groups is 1. The van der Waals surface area contributed by atoms with Crippen LogP contribution in [0.5, 0.6) is 11.5 Å². The molecule has 0 spiro atoms. The molecular weight excluding hydrogens is 400 g/mol. The molecule has 8 nitrogen and oxygen atoms in total. The van der Waals surface area contributed by atoms with E-state index in [1.807, 2.05) is 6.92 Å². The number of halogens is 1. The molecule has 1 rings (SSSR count). The highest BCUT2D eigenvalue weighted by molar-refractivity contribution is 6.32. The summed E-state index contributed by atoms with van der Waals surface area (Å²) < 4.78 is 16.3. The number of amides is 3. The molecule has 0 unspecified atom stereocenters. The fourth-order valence-corrected chi connectivity index (χ4v) is 2.47. The molecule has 0 aliphatic rings. The summed E-state index contributed by atoms with van der Waals surface area (Å²) in [6, 6.07) is 2.04. The molecule has 0 heterocycles. The highest BCUT2D eigenvalue weighted by Crippen LogP contribution is 2.37. The lowest BCUT2D eigenvalue weighted by molar-refractivity contribution is -0.127. The SMILES string of the molecule is CCCCOc1c(Cl)cc(C(=O)O[C@H](C)C(=O)NC(=O)NC(C)C)cc1OCC. The molecular formula is C20H29ClN2O6. The van der Waals surface area contributed by atoms with Crippen LogP contribution in [0, 0.1) is 0 Å². The van der Waals surface area contributed by atoms with Gasteiger partial charge < -0.3 is 19.5 Å². The molecule has 9 heteroatoms. The van der Waals surface area contributed by atoms with E-state index in [4.69, 9.17) is 25.8 Å². The Hall–Kier alpha value is -2.48. The molecule has 0 fully saturated rings. The first-order valence-electron chi connectivity index (χ1n) is 9.61. The van der Waals surface area contributed by atoms with Crippen LogP contribution in [0.15, 0.2) is 12.1 Å². The van der Waals surface area contributed by atoms with Crippen LogP contribution in [0.2, 0.25) is 5.02 Å². The third-order valence-electron chi connectivity index (χ3n) is 3.60. The van der Waals surface area contributed by atoms with E-state index in [0.717, 1.165) is 12.8 Å². The maximum atomic E-state index is 12.4. The molecule has 0 bridgehead atoms. The molecule has 0 aromatic heterocycles. The van der Waals surface area contributed by atoms with Gasteiger partial charge in [-0.05, 0) is 46.2 Å². The lowest BCUT2D eigenvalue weighted by Gasteiger charge is -2.17. The molecule has 0 saturated carbocycles. The number of hydrogen-bond donors (Lipinski definition) is 2. The fourth-order valence-electron chi connectivity index (χ4n) is 2.20. The van der Waals surface area contributed by atoms with Crippen LogP contribution in [0.3, 0.4) is 0 Å². The molecule has 2 N–H and O–H groups in total. The topological polar surface area (TPSA) is 103 Å².